The van der Waals surface area contributed by atoms with Gasteiger partial charge in [-0.3, -0.25) is 4.98 Å². The number of benzene rings is 1. The number of pyridine rings is 1. The van der Waals surface area contributed by atoms with Gasteiger partial charge < -0.3 is 5.73 Å². The standard InChI is InChI=1S/C12H8BrCl2FN2/c13-8-2-1-7(11(16)10(8)15)12(17)6-3-4-18-5-9(6)14/h1-5,12H,17H2. The molecule has 1 atom stereocenters. The van der Waals surface area contributed by atoms with Gasteiger partial charge in [0.2, 0.25) is 0 Å². The number of hydrogen-bond acceptors (Lipinski definition) is 2. The molecule has 1 heterocycles. The van der Waals surface area contributed by atoms with Crippen LogP contribution < -0.4 is 5.73 Å². The molecule has 94 valence electrons. The van der Waals surface area contributed by atoms with Gasteiger partial charge in [0.05, 0.1) is 16.1 Å². The summed E-state index contributed by atoms with van der Waals surface area (Å²) in [5, 5.41) is 0.400. The molecule has 18 heavy (non-hydrogen) atoms. The quantitative estimate of drug-likeness (QED) is 0.819. The summed E-state index contributed by atoms with van der Waals surface area (Å²) in [6.45, 7) is 0. The number of rotatable bonds is 2. The van der Waals surface area contributed by atoms with Crippen LogP contribution in [0, 0.1) is 5.82 Å². The van der Waals surface area contributed by atoms with Crippen LogP contribution in [0.3, 0.4) is 0 Å². The first-order valence-electron chi connectivity index (χ1n) is 5.00. The molecule has 2 nitrogen and oxygen atoms in total. The first kappa shape index (κ1) is 13.7. The Hall–Kier alpha value is -0.680. The van der Waals surface area contributed by atoms with E-state index in [1.54, 1.807) is 24.4 Å². The molecule has 2 N–H and O–H groups in total. The van der Waals surface area contributed by atoms with Crippen LogP contribution in [0.5, 0.6) is 0 Å². The van der Waals surface area contributed by atoms with Crippen molar-refractivity contribution in [3.8, 4) is 0 Å². The summed E-state index contributed by atoms with van der Waals surface area (Å²) >= 11 is 15.0. The van der Waals surface area contributed by atoms with Gasteiger partial charge >= 0.3 is 0 Å². The van der Waals surface area contributed by atoms with Gasteiger partial charge in [0.25, 0.3) is 0 Å². The first-order valence-corrected chi connectivity index (χ1v) is 6.55. The molecule has 1 unspecified atom stereocenters. The molecule has 0 radical (unpaired) electrons. The van der Waals surface area contributed by atoms with Gasteiger partial charge in [-0.05, 0) is 33.6 Å². The summed E-state index contributed by atoms with van der Waals surface area (Å²) in [6.07, 6.45) is 3.02. The molecule has 0 saturated heterocycles. The molecular formula is C12H8BrCl2FN2. The van der Waals surface area contributed by atoms with Crippen molar-refractivity contribution in [2.24, 2.45) is 5.73 Å². The average Bonchev–Trinajstić information content (AvgIpc) is 2.36. The van der Waals surface area contributed by atoms with Crippen molar-refractivity contribution in [3.05, 3.63) is 62.1 Å². The monoisotopic (exact) mass is 348 g/mol. The van der Waals surface area contributed by atoms with Crippen LogP contribution in [0.25, 0.3) is 0 Å². The fourth-order valence-electron chi connectivity index (χ4n) is 1.59. The molecule has 0 aliphatic rings. The maximum atomic E-state index is 14.0. The number of nitrogens with zero attached hydrogens (tertiary/aromatic N) is 1. The summed E-state index contributed by atoms with van der Waals surface area (Å²) in [6, 6.07) is 4.19. The summed E-state index contributed by atoms with van der Waals surface area (Å²) in [4.78, 5) is 3.86. The van der Waals surface area contributed by atoms with Crippen molar-refractivity contribution in [2.75, 3.05) is 0 Å². The van der Waals surface area contributed by atoms with E-state index in [1.807, 2.05) is 0 Å². The van der Waals surface area contributed by atoms with Crippen LogP contribution in [-0.2, 0) is 0 Å². The van der Waals surface area contributed by atoms with Crippen molar-refractivity contribution >= 4 is 39.1 Å². The maximum absolute atomic E-state index is 14.0. The highest BCUT2D eigenvalue weighted by Gasteiger charge is 2.19. The zero-order chi connectivity index (χ0) is 13.3. The lowest BCUT2D eigenvalue weighted by Gasteiger charge is -2.15. The molecule has 1 aromatic heterocycles. The highest BCUT2D eigenvalue weighted by Crippen LogP contribution is 2.33. The zero-order valence-corrected chi connectivity index (χ0v) is 12.1. The van der Waals surface area contributed by atoms with Crippen molar-refractivity contribution in [1.82, 2.24) is 4.98 Å². The number of hydrogen-bond donors (Lipinski definition) is 1. The minimum atomic E-state index is -0.689. The molecule has 0 amide bonds. The van der Waals surface area contributed by atoms with Crippen LogP contribution in [0.15, 0.2) is 35.1 Å². The minimum Gasteiger partial charge on any atom is -0.320 e. The second kappa shape index (κ2) is 5.53. The van der Waals surface area contributed by atoms with E-state index in [0.29, 0.717) is 15.1 Å². The van der Waals surface area contributed by atoms with Crippen molar-refractivity contribution in [1.29, 1.82) is 0 Å². The van der Waals surface area contributed by atoms with Crippen molar-refractivity contribution in [3.63, 3.8) is 0 Å². The fraction of sp³-hybridized carbons (Fsp3) is 0.0833. The lowest BCUT2D eigenvalue weighted by atomic mass is 10.00. The van der Waals surface area contributed by atoms with Crippen molar-refractivity contribution < 1.29 is 4.39 Å². The Morgan fingerprint density at radius 3 is 2.61 bits per heavy atom. The summed E-state index contributed by atoms with van der Waals surface area (Å²) in [5.74, 6) is -0.550. The first-order chi connectivity index (χ1) is 8.52. The molecule has 0 aliphatic carbocycles. The summed E-state index contributed by atoms with van der Waals surface area (Å²) in [7, 11) is 0. The highest BCUT2D eigenvalue weighted by molar-refractivity contribution is 9.10. The Morgan fingerprint density at radius 1 is 1.22 bits per heavy atom. The van der Waals surface area contributed by atoms with Gasteiger partial charge in [0.1, 0.15) is 5.82 Å². The molecule has 6 heteroatoms. The van der Waals surface area contributed by atoms with Crippen molar-refractivity contribution in [2.45, 2.75) is 6.04 Å². The topological polar surface area (TPSA) is 38.9 Å². The number of aromatic nitrogens is 1. The molecule has 0 aliphatic heterocycles. The third-order valence-electron chi connectivity index (χ3n) is 2.54. The van der Waals surface area contributed by atoms with E-state index >= 15 is 0 Å². The number of halogens is 4. The molecule has 0 fully saturated rings. The fourth-order valence-corrected chi connectivity index (χ4v) is 2.30. The third-order valence-corrected chi connectivity index (χ3v) is 4.11. The van der Waals surface area contributed by atoms with Crippen LogP contribution in [0.2, 0.25) is 10.0 Å². The largest absolute Gasteiger partial charge is 0.320 e. The van der Waals surface area contributed by atoms with Crippen LogP contribution >= 0.6 is 39.1 Å². The maximum Gasteiger partial charge on any atom is 0.148 e. The van der Waals surface area contributed by atoms with Gasteiger partial charge in [0, 0.05) is 22.4 Å². The molecule has 0 bridgehead atoms. The minimum absolute atomic E-state index is 0.00753. The van der Waals surface area contributed by atoms with E-state index in [-0.39, 0.29) is 10.6 Å². The molecule has 0 spiro atoms. The van der Waals surface area contributed by atoms with E-state index in [1.165, 1.54) is 6.20 Å². The van der Waals surface area contributed by atoms with Gasteiger partial charge in [-0.15, -0.1) is 0 Å². The van der Waals surface area contributed by atoms with E-state index < -0.39 is 11.9 Å². The highest BCUT2D eigenvalue weighted by atomic mass is 79.9. The molecule has 1 aromatic carbocycles. The van der Waals surface area contributed by atoms with E-state index in [4.69, 9.17) is 28.9 Å². The molecular weight excluding hydrogens is 342 g/mol. The van der Waals surface area contributed by atoms with Crippen LogP contribution in [0.1, 0.15) is 17.2 Å². The van der Waals surface area contributed by atoms with Crippen LogP contribution in [0.4, 0.5) is 4.39 Å². The van der Waals surface area contributed by atoms with Gasteiger partial charge in [0.15, 0.2) is 0 Å². The predicted molar refractivity (Wildman–Crippen MR) is 74.4 cm³/mol. The molecule has 2 rings (SSSR count). The summed E-state index contributed by atoms with van der Waals surface area (Å²) in [5.41, 5.74) is 6.90. The average molecular weight is 350 g/mol. The number of nitrogens with two attached hydrogens (primary N) is 1. The summed E-state index contributed by atoms with van der Waals surface area (Å²) < 4.78 is 14.5. The smallest absolute Gasteiger partial charge is 0.148 e. The Bertz CT molecular complexity index is 592. The van der Waals surface area contributed by atoms with E-state index in [9.17, 15) is 4.39 Å². The van der Waals surface area contributed by atoms with Crippen LogP contribution in [-0.4, -0.2) is 4.98 Å². The predicted octanol–water partition coefficient (Wildman–Crippen LogP) is 4.34. The lowest BCUT2D eigenvalue weighted by Crippen LogP contribution is -2.14. The molecule has 2 aromatic rings. The Labute approximate surface area is 122 Å². The van der Waals surface area contributed by atoms with Gasteiger partial charge in [-0.2, -0.15) is 0 Å². The van der Waals surface area contributed by atoms with Gasteiger partial charge in [-0.1, -0.05) is 29.3 Å². The van der Waals surface area contributed by atoms with E-state index in [0.717, 1.165) is 0 Å². The second-order valence-corrected chi connectivity index (χ2v) is 5.28. The van der Waals surface area contributed by atoms with Gasteiger partial charge in [-0.25, -0.2) is 4.39 Å². The lowest BCUT2D eigenvalue weighted by molar-refractivity contribution is 0.599. The Kier molecular flexibility index (Phi) is 4.22. The zero-order valence-electron chi connectivity index (χ0n) is 9.00. The Balaban J connectivity index is 2.50. The Morgan fingerprint density at radius 2 is 1.94 bits per heavy atom. The molecule has 0 saturated carbocycles. The third kappa shape index (κ3) is 2.52. The second-order valence-electron chi connectivity index (χ2n) is 3.64. The SMILES string of the molecule is NC(c1ccncc1Cl)c1ccc(Br)c(Cl)c1F. The van der Waals surface area contributed by atoms with E-state index in [2.05, 4.69) is 20.9 Å². The normalized spacial score (nSPS) is 12.5.